The van der Waals surface area contributed by atoms with Gasteiger partial charge in [-0.3, -0.25) is 0 Å². The maximum Gasteiger partial charge on any atom is 0.358 e. The Hall–Kier alpha value is -2.09. The van der Waals surface area contributed by atoms with Gasteiger partial charge in [-0.2, -0.15) is 0 Å². The zero-order chi connectivity index (χ0) is 14.1. The molecule has 0 fully saturated rings. The third-order valence-corrected chi connectivity index (χ3v) is 3.54. The summed E-state index contributed by atoms with van der Waals surface area (Å²) in [5.74, 6) is 0.266. The molecule has 0 aliphatic carbocycles. The Labute approximate surface area is 122 Å². The minimum atomic E-state index is -1.10. The Kier molecular flexibility index (Phi) is 3.31. The Balaban J connectivity index is 1.88. The normalized spacial score (nSPS) is 13.2. The zero-order valence-corrected chi connectivity index (χ0v) is 11.8. The van der Waals surface area contributed by atoms with Gasteiger partial charge in [0.1, 0.15) is 13.2 Å². The van der Waals surface area contributed by atoms with Gasteiger partial charge in [0.15, 0.2) is 17.2 Å². The first-order chi connectivity index (χ1) is 9.63. The molecule has 8 heteroatoms. The highest BCUT2D eigenvalue weighted by atomic mass is 79.9. The summed E-state index contributed by atoms with van der Waals surface area (Å²) >= 11 is 3.46. The fourth-order valence-electron chi connectivity index (χ4n) is 1.88. The number of fused-ring (bicyclic) bond motifs is 1. The van der Waals surface area contributed by atoms with Crippen LogP contribution in [0.1, 0.15) is 16.1 Å². The molecule has 1 aliphatic rings. The molecule has 0 atom stereocenters. The van der Waals surface area contributed by atoms with E-state index in [2.05, 4.69) is 26.2 Å². The predicted molar refractivity (Wildman–Crippen MR) is 71.2 cm³/mol. The van der Waals surface area contributed by atoms with E-state index in [4.69, 9.17) is 14.6 Å². The summed E-state index contributed by atoms with van der Waals surface area (Å²) in [4.78, 5) is 10.8. The molecule has 1 N–H and O–H groups in total. The second-order valence-electron chi connectivity index (χ2n) is 4.19. The molecule has 20 heavy (non-hydrogen) atoms. The number of hydrogen-bond acceptors (Lipinski definition) is 5. The van der Waals surface area contributed by atoms with Gasteiger partial charge < -0.3 is 14.6 Å². The number of carbonyl (C=O) groups is 1. The van der Waals surface area contributed by atoms with E-state index in [0.29, 0.717) is 31.3 Å². The van der Waals surface area contributed by atoms with Crippen LogP contribution in [0.5, 0.6) is 11.5 Å². The number of rotatable bonds is 3. The predicted octanol–water partition coefficient (Wildman–Crippen LogP) is 1.56. The van der Waals surface area contributed by atoms with Crippen molar-refractivity contribution in [1.82, 2.24) is 15.0 Å². The lowest BCUT2D eigenvalue weighted by Gasteiger charge is -2.19. The Morgan fingerprint density at radius 1 is 1.35 bits per heavy atom. The minimum absolute atomic E-state index is 0.0846. The number of nitrogens with zero attached hydrogens (tertiary/aromatic N) is 3. The molecule has 0 saturated heterocycles. The molecule has 0 bridgehead atoms. The van der Waals surface area contributed by atoms with Crippen LogP contribution in [0.15, 0.2) is 22.8 Å². The smallest absolute Gasteiger partial charge is 0.358 e. The van der Waals surface area contributed by atoms with Crippen LogP contribution < -0.4 is 9.47 Å². The van der Waals surface area contributed by atoms with Crippen LogP contribution in [-0.4, -0.2) is 39.3 Å². The van der Waals surface area contributed by atoms with Gasteiger partial charge in [-0.05, 0) is 17.7 Å². The number of hydrogen-bond donors (Lipinski definition) is 1. The number of halogens is 1. The Morgan fingerprint density at radius 3 is 2.70 bits per heavy atom. The van der Waals surface area contributed by atoms with E-state index in [9.17, 15) is 4.79 Å². The topological polar surface area (TPSA) is 86.5 Å². The molecule has 0 saturated carbocycles. The van der Waals surface area contributed by atoms with Crippen LogP contribution in [0.4, 0.5) is 0 Å². The first kappa shape index (κ1) is 12.9. The highest BCUT2D eigenvalue weighted by Crippen LogP contribution is 2.35. The molecule has 0 amide bonds. The monoisotopic (exact) mass is 339 g/mol. The SMILES string of the molecule is O=C(O)c1cn(Cc2cc3c(cc2Br)OCCO3)nn1. The summed E-state index contributed by atoms with van der Waals surface area (Å²) in [6.07, 6.45) is 1.38. The summed E-state index contributed by atoms with van der Waals surface area (Å²) < 4.78 is 13.3. The highest BCUT2D eigenvalue weighted by molar-refractivity contribution is 9.10. The van der Waals surface area contributed by atoms with Gasteiger partial charge in [0.05, 0.1) is 12.7 Å². The second-order valence-corrected chi connectivity index (χ2v) is 5.05. The van der Waals surface area contributed by atoms with Crippen LogP contribution in [0.3, 0.4) is 0 Å². The number of carboxylic acid groups (broad SMARTS) is 1. The van der Waals surface area contributed by atoms with Gasteiger partial charge in [-0.25, -0.2) is 9.48 Å². The minimum Gasteiger partial charge on any atom is -0.486 e. The second kappa shape index (κ2) is 5.12. The number of ether oxygens (including phenoxy) is 2. The molecule has 1 aromatic heterocycles. The van der Waals surface area contributed by atoms with E-state index in [-0.39, 0.29) is 5.69 Å². The van der Waals surface area contributed by atoms with Crippen LogP contribution in [0.25, 0.3) is 0 Å². The van der Waals surface area contributed by atoms with Gasteiger partial charge in [-0.1, -0.05) is 21.1 Å². The number of benzene rings is 1. The van der Waals surface area contributed by atoms with Gasteiger partial charge in [-0.15, -0.1) is 5.10 Å². The van der Waals surface area contributed by atoms with Crippen molar-refractivity contribution < 1.29 is 19.4 Å². The largest absolute Gasteiger partial charge is 0.486 e. The molecule has 0 radical (unpaired) electrons. The van der Waals surface area contributed by atoms with E-state index in [0.717, 1.165) is 10.0 Å². The Morgan fingerprint density at radius 2 is 2.05 bits per heavy atom. The van der Waals surface area contributed by atoms with E-state index in [1.54, 1.807) is 0 Å². The van der Waals surface area contributed by atoms with Gasteiger partial charge >= 0.3 is 5.97 Å². The molecule has 2 aromatic rings. The molecule has 1 aromatic carbocycles. The maximum absolute atomic E-state index is 10.8. The molecule has 1 aliphatic heterocycles. The molecular formula is C12H10BrN3O4. The summed E-state index contributed by atoms with van der Waals surface area (Å²) in [6.45, 7) is 1.43. The standard InChI is InChI=1S/C12H10BrN3O4/c13-8-4-11-10(19-1-2-20-11)3-7(8)5-16-6-9(12(17)18)14-15-16/h3-4,6H,1-2,5H2,(H,17,18). The van der Waals surface area contributed by atoms with Crippen molar-refractivity contribution in [1.29, 1.82) is 0 Å². The van der Waals surface area contributed by atoms with Crippen LogP contribution in [0, 0.1) is 0 Å². The van der Waals surface area contributed by atoms with Crippen LogP contribution >= 0.6 is 15.9 Å². The summed E-state index contributed by atoms with van der Waals surface area (Å²) in [5.41, 5.74) is 0.815. The lowest BCUT2D eigenvalue weighted by atomic mass is 10.2. The highest BCUT2D eigenvalue weighted by Gasteiger charge is 2.16. The third-order valence-electron chi connectivity index (χ3n) is 2.80. The Bertz CT molecular complexity index is 671. The van der Waals surface area contributed by atoms with Crippen molar-refractivity contribution >= 4 is 21.9 Å². The molecule has 3 rings (SSSR count). The number of aromatic nitrogens is 3. The van der Waals surface area contributed by atoms with Crippen molar-refractivity contribution in [3.63, 3.8) is 0 Å². The van der Waals surface area contributed by atoms with Crippen LogP contribution in [0.2, 0.25) is 0 Å². The first-order valence-electron chi connectivity index (χ1n) is 5.85. The maximum atomic E-state index is 10.8. The summed E-state index contributed by atoms with van der Waals surface area (Å²) in [7, 11) is 0. The van der Waals surface area contributed by atoms with E-state index >= 15 is 0 Å². The molecule has 0 unspecified atom stereocenters. The van der Waals surface area contributed by atoms with Crippen LogP contribution in [-0.2, 0) is 6.54 Å². The van der Waals surface area contributed by atoms with E-state index < -0.39 is 5.97 Å². The van der Waals surface area contributed by atoms with Crippen molar-refractivity contribution in [2.75, 3.05) is 13.2 Å². The summed E-state index contributed by atoms with van der Waals surface area (Å²) in [6, 6.07) is 3.68. The van der Waals surface area contributed by atoms with Gasteiger partial charge in [0, 0.05) is 4.47 Å². The van der Waals surface area contributed by atoms with Gasteiger partial charge in [0.25, 0.3) is 0 Å². The number of aromatic carboxylic acids is 1. The fourth-order valence-corrected chi connectivity index (χ4v) is 2.32. The molecular weight excluding hydrogens is 330 g/mol. The quantitative estimate of drug-likeness (QED) is 0.913. The van der Waals surface area contributed by atoms with Crippen molar-refractivity contribution in [3.05, 3.63) is 34.1 Å². The molecule has 7 nitrogen and oxygen atoms in total. The average Bonchev–Trinajstić information content (AvgIpc) is 2.88. The van der Waals surface area contributed by atoms with Gasteiger partial charge in [0.2, 0.25) is 0 Å². The zero-order valence-electron chi connectivity index (χ0n) is 10.2. The summed E-state index contributed by atoms with van der Waals surface area (Å²) in [5, 5.41) is 16.2. The molecule has 2 heterocycles. The third kappa shape index (κ3) is 2.46. The van der Waals surface area contributed by atoms with Crippen molar-refractivity contribution in [2.24, 2.45) is 0 Å². The average molecular weight is 340 g/mol. The van der Waals surface area contributed by atoms with Crippen molar-refractivity contribution in [3.8, 4) is 11.5 Å². The lowest BCUT2D eigenvalue weighted by molar-refractivity contribution is 0.0690. The van der Waals surface area contributed by atoms with E-state index in [1.165, 1.54) is 10.9 Å². The first-order valence-corrected chi connectivity index (χ1v) is 6.64. The van der Waals surface area contributed by atoms with Crippen molar-refractivity contribution in [2.45, 2.75) is 6.54 Å². The fraction of sp³-hybridized carbons (Fsp3) is 0.250. The van der Waals surface area contributed by atoms with E-state index in [1.807, 2.05) is 12.1 Å². The number of carboxylic acids is 1. The molecule has 0 spiro atoms. The lowest BCUT2D eigenvalue weighted by Crippen LogP contribution is -2.16. The molecule has 104 valence electrons.